The standard InChI is InChI=1S/C11H10ClFO2/c1-15-11(14)10(13)6-5-8-3-2-4-9(12)7-8/h2-7,10H,1H3/b6-5-/t10-/m0/s1. The molecule has 15 heavy (non-hydrogen) atoms. The topological polar surface area (TPSA) is 26.3 Å². The van der Waals surface area contributed by atoms with E-state index in [2.05, 4.69) is 4.74 Å². The van der Waals surface area contributed by atoms with Crippen LogP contribution in [0.5, 0.6) is 0 Å². The number of hydrogen-bond acceptors (Lipinski definition) is 2. The second kappa shape index (κ2) is 5.51. The summed E-state index contributed by atoms with van der Waals surface area (Å²) >= 11 is 5.73. The maximum absolute atomic E-state index is 13.0. The zero-order valence-electron chi connectivity index (χ0n) is 8.11. The molecule has 1 atom stereocenters. The van der Waals surface area contributed by atoms with Crippen LogP contribution < -0.4 is 0 Å². The van der Waals surface area contributed by atoms with E-state index in [1.165, 1.54) is 6.08 Å². The highest BCUT2D eigenvalue weighted by Gasteiger charge is 2.12. The second-order valence-electron chi connectivity index (χ2n) is 2.84. The molecule has 0 heterocycles. The van der Waals surface area contributed by atoms with Crippen LogP contribution in [0.2, 0.25) is 5.02 Å². The van der Waals surface area contributed by atoms with Crippen molar-refractivity contribution in [2.45, 2.75) is 6.17 Å². The van der Waals surface area contributed by atoms with Crippen LogP contribution in [0.15, 0.2) is 30.3 Å². The van der Waals surface area contributed by atoms with Crippen LogP contribution in [0.25, 0.3) is 6.08 Å². The van der Waals surface area contributed by atoms with Gasteiger partial charge in [-0.25, -0.2) is 9.18 Å². The Morgan fingerprint density at radius 3 is 2.93 bits per heavy atom. The molecule has 1 aromatic carbocycles. The largest absolute Gasteiger partial charge is 0.467 e. The quantitative estimate of drug-likeness (QED) is 0.744. The lowest BCUT2D eigenvalue weighted by Gasteiger charge is -1.99. The normalized spacial score (nSPS) is 12.7. The minimum atomic E-state index is -1.74. The van der Waals surface area contributed by atoms with Crippen LogP contribution in [0.3, 0.4) is 0 Å². The summed E-state index contributed by atoms with van der Waals surface area (Å²) in [5.41, 5.74) is 0.731. The minimum Gasteiger partial charge on any atom is -0.467 e. The maximum atomic E-state index is 13.0. The maximum Gasteiger partial charge on any atom is 0.344 e. The summed E-state index contributed by atoms with van der Waals surface area (Å²) in [6.45, 7) is 0. The van der Waals surface area contributed by atoms with Gasteiger partial charge in [-0.05, 0) is 23.8 Å². The highest BCUT2D eigenvalue weighted by Crippen LogP contribution is 2.12. The molecule has 0 unspecified atom stereocenters. The number of alkyl halides is 1. The summed E-state index contributed by atoms with van der Waals surface area (Å²) in [5.74, 6) is -0.909. The highest BCUT2D eigenvalue weighted by atomic mass is 35.5. The van der Waals surface area contributed by atoms with Crippen molar-refractivity contribution in [1.29, 1.82) is 0 Å². The van der Waals surface area contributed by atoms with Crippen LogP contribution in [0, 0.1) is 0 Å². The van der Waals surface area contributed by atoms with Gasteiger partial charge in [-0.2, -0.15) is 0 Å². The van der Waals surface area contributed by atoms with E-state index in [1.54, 1.807) is 24.3 Å². The fourth-order valence-corrected chi connectivity index (χ4v) is 1.20. The smallest absolute Gasteiger partial charge is 0.344 e. The SMILES string of the molecule is COC(=O)[C@@H](F)/C=C\c1cccc(Cl)c1. The van der Waals surface area contributed by atoms with Gasteiger partial charge >= 0.3 is 5.97 Å². The van der Waals surface area contributed by atoms with Crippen molar-refractivity contribution in [2.75, 3.05) is 7.11 Å². The highest BCUT2D eigenvalue weighted by molar-refractivity contribution is 6.30. The molecule has 0 saturated heterocycles. The van der Waals surface area contributed by atoms with Crippen molar-refractivity contribution < 1.29 is 13.9 Å². The molecule has 0 aliphatic rings. The van der Waals surface area contributed by atoms with Gasteiger partial charge in [0.1, 0.15) is 0 Å². The summed E-state index contributed by atoms with van der Waals surface area (Å²) in [5, 5.41) is 0.561. The second-order valence-corrected chi connectivity index (χ2v) is 3.28. The Morgan fingerprint density at radius 2 is 2.33 bits per heavy atom. The fourth-order valence-electron chi connectivity index (χ4n) is 0.997. The van der Waals surface area contributed by atoms with E-state index in [0.717, 1.165) is 18.7 Å². The van der Waals surface area contributed by atoms with Gasteiger partial charge in [-0.3, -0.25) is 0 Å². The van der Waals surface area contributed by atoms with Gasteiger partial charge in [-0.1, -0.05) is 29.8 Å². The molecule has 1 aromatic rings. The van der Waals surface area contributed by atoms with Gasteiger partial charge in [0, 0.05) is 5.02 Å². The number of esters is 1. The van der Waals surface area contributed by atoms with Gasteiger partial charge in [0.25, 0.3) is 0 Å². The van der Waals surface area contributed by atoms with E-state index in [9.17, 15) is 9.18 Å². The van der Waals surface area contributed by atoms with Crippen molar-refractivity contribution in [1.82, 2.24) is 0 Å². The molecule has 0 aromatic heterocycles. The third-order valence-electron chi connectivity index (χ3n) is 1.73. The number of methoxy groups -OCH3 is 1. The molecule has 0 fully saturated rings. The molecule has 80 valence electrons. The molecule has 4 heteroatoms. The van der Waals surface area contributed by atoms with E-state index in [1.807, 2.05) is 0 Å². The van der Waals surface area contributed by atoms with Crippen LogP contribution in [-0.4, -0.2) is 19.3 Å². The molecule has 1 rings (SSSR count). The Hall–Kier alpha value is -1.35. The first kappa shape index (κ1) is 11.7. The third-order valence-corrected chi connectivity index (χ3v) is 1.97. The van der Waals surface area contributed by atoms with E-state index >= 15 is 0 Å². The van der Waals surface area contributed by atoms with Crippen molar-refractivity contribution in [3.05, 3.63) is 40.9 Å². The van der Waals surface area contributed by atoms with Gasteiger partial charge in [0.15, 0.2) is 0 Å². The average Bonchev–Trinajstić information content (AvgIpc) is 2.25. The van der Waals surface area contributed by atoms with Gasteiger partial charge < -0.3 is 4.74 Å². The number of carbonyl (C=O) groups is 1. The van der Waals surface area contributed by atoms with Crippen LogP contribution in [-0.2, 0) is 9.53 Å². The minimum absolute atomic E-state index is 0.561. The van der Waals surface area contributed by atoms with Crippen LogP contribution >= 0.6 is 11.6 Å². The summed E-state index contributed by atoms with van der Waals surface area (Å²) < 4.78 is 17.2. The van der Waals surface area contributed by atoms with Crippen molar-refractivity contribution >= 4 is 23.6 Å². The number of hydrogen-bond donors (Lipinski definition) is 0. The molecule has 2 nitrogen and oxygen atoms in total. The Balaban J connectivity index is 2.69. The van der Waals surface area contributed by atoms with Crippen LogP contribution in [0.1, 0.15) is 5.56 Å². The van der Waals surface area contributed by atoms with E-state index in [-0.39, 0.29) is 0 Å². The Morgan fingerprint density at radius 1 is 1.60 bits per heavy atom. The lowest BCUT2D eigenvalue weighted by atomic mass is 10.2. The summed E-state index contributed by atoms with van der Waals surface area (Å²) in [4.78, 5) is 10.7. The zero-order chi connectivity index (χ0) is 11.3. The van der Waals surface area contributed by atoms with E-state index in [4.69, 9.17) is 11.6 Å². The van der Waals surface area contributed by atoms with E-state index < -0.39 is 12.1 Å². The lowest BCUT2D eigenvalue weighted by molar-refractivity contribution is -0.144. The molecule has 0 aliphatic carbocycles. The number of halogens is 2. The third kappa shape index (κ3) is 3.72. The molecular weight excluding hydrogens is 219 g/mol. The summed E-state index contributed by atoms with van der Waals surface area (Å²) in [7, 11) is 1.14. The van der Waals surface area contributed by atoms with Crippen molar-refractivity contribution in [3.8, 4) is 0 Å². The molecule has 0 spiro atoms. The average molecular weight is 229 g/mol. The molecule has 0 N–H and O–H groups in total. The number of benzene rings is 1. The zero-order valence-corrected chi connectivity index (χ0v) is 8.87. The number of ether oxygens (including phenoxy) is 1. The predicted octanol–water partition coefficient (Wildman–Crippen LogP) is 2.86. The Kier molecular flexibility index (Phi) is 4.31. The monoisotopic (exact) mass is 228 g/mol. The first-order valence-corrected chi connectivity index (χ1v) is 4.67. The number of rotatable bonds is 3. The van der Waals surface area contributed by atoms with Gasteiger partial charge in [0.05, 0.1) is 7.11 Å². The summed E-state index contributed by atoms with van der Waals surface area (Å²) in [6.07, 6.45) is 0.860. The Bertz CT molecular complexity index is 377. The van der Waals surface area contributed by atoms with Gasteiger partial charge in [0.2, 0.25) is 6.17 Å². The fraction of sp³-hybridized carbons (Fsp3) is 0.182. The van der Waals surface area contributed by atoms with Gasteiger partial charge in [-0.15, -0.1) is 0 Å². The molecule has 0 saturated carbocycles. The first-order chi connectivity index (χ1) is 7.13. The molecular formula is C11H10ClFO2. The van der Waals surface area contributed by atoms with Crippen molar-refractivity contribution in [3.63, 3.8) is 0 Å². The first-order valence-electron chi connectivity index (χ1n) is 4.29. The predicted molar refractivity (Wildman–Crippen MR) is 57.4 cm³/mol. The lowest BCUT2D eigenvalue weighted by Crippen LogP contribution is -2.13. The summed E-state index contributed by atoms with van der Waals surface area (Å²) in [6, 6.07) is 6.88. The molecule has 0 amide bonds. The molecule has 0 bridgehead atoms. The van der Waals surface area contributed by atoms with Crippen molar-refractivity contribution in [2.24, 2.45) is 0 Å². The molecule has 0 aliphatic heterocycles. The van der Waals surface area contributed by atoms with Crippen LogP contribution in [0.4, 0.5) is 4.39 Å². The Labute approximate surface area is 92.3 Å². The number of carbonyl (C=O) groups excluding carboxylic acids is 1. The molecule has 0 radical (unpaired) electrons. The van der Waals surface area contributed by atoms with E-state index in [0.29, 0.717) is 5.02 Å².